The van der Waals surface area contributed by atoms with Gasteiger partial charge in [0.05, 0.1) is 34.6 Å². The Morgan fingerprint density at radius 3 is 2.33 bits per heavy atom. The van der Waals surface area contributed by atoms with Gasteiger partial charge in [-0.2, -0.15) is 0 Å². The minimum absolute atomic E-state index is 0.0140. The number of carbonyl (C=O) groups is 2. The normalized spacial score (nSPS) is 18.8. The molecule has 1 atom stereocenters. The lowest BCUT2D eigenvalue weighted by atomic mass is 9.77. The Labute approximate surface area is 261 Å². The molecular formula is C31H34BCl2N3O6. The summed E-state index contributed by atoms with van der Waals surface area (Å²) in [6.07, 6.45) is 0.548. The van der Waals surface area contributed by atoms with Crippen LogP contribution >= 0.6 is 23.2 Å². The lowest BCUT2D eigenvalue weighted by Crippen LogP contribution is -2.41. The standard InChI is InChI=1S/C31H34BCl2N3O6/c1-30(2)31(3,4)43-32(42-30)23-11-7-9-21(27(23)34)20-8-6-10-22(26(20)33)24-14-12-18(28(37-24)40-5)17-41-29(39)35-16-19-13-15-25(38)36-19/h6-12,14,19H,13,15-17H2,1-5H3,(H,35,39)(H,36,38). The Morgan fingerprint density at radius 2 is 1.67 bits per heavy atom. The fourth-order valence-corrected chi connectivity index (χ4v) is 5.63. The first-order valence-corrected chi connectivity index (χ1v) is 14.8. The van der Waals surface area contributed by atoms with Gasteiger partial charge >= 0.3 is 13.2 Å². The second kappa shape index (κ2) is 12.4. The van der Waals surface area contributed by atoms with Gasteiger partial charge in [-0.3, -0.25) is 4.79 Å². The number of methoxy groups -OCH3 is 1. The van der Waals surface area contributed by atoms with Crippen LogP contribution in [0.25, 0.3) is 22.4 Å². The third kappa shape index (κ3) is 6.48. The monoisotopic (exact) mass is 625 g/mol. The van der Waals surface area contributed by atoms with Crippen LogP contribution in [0.4, 0.5) is 4.79 Å². The average molecular weight is 626 g/mol. The van der Waals surface area contributed by atoms with Crippen LogP contribution in [0.15, 0.2) is 48.5 Å². The molecule has 0 bridgehead atoms. The first-order valence-electron chi connectivity index (χ1n) is 14.1. The number of carbonyl (C=O) groups excluding carboxylic acids is 2. The molecule has 226 valence electrons. The minimum atomic E-state index is -0.620. The summed E-state index contributed by atoms with van der Waals surface area (Å²) in [4.78, 5) is 28.2. The van der Waals surface area contributed by atoms with E-state index in [4.69, 9.17) is 42.0 Å². The molecule has 2 saturated heterocycles. The molecule has 1 unspecified atom stereocenters. The minimum Gasteiger partial charge on any atom is -0.481 e. The molecule has 0 aliphatic carbocycles. The molecule has 12 heteroatoms. The number of alkyl carbamates (subject to hydrolysis) is 1. The summed E-state index contributed by atoms with van der Waals surface area (Å²) < 4.78 is 23.3. The van der Waals surface area contributed by atoms with E-state index in [0.717, 1.165) is 16.6 Å². The third-order valence-electron chi connectivity index (χ3n) is 8.17. The van der Waals surface area contributed by atoms with E-state index in [1.165, 1.54) is 7.11 Å². The van der Waals surface area contributed by atoms with Gasteiger partial charge in [0, 0.05) is 46.2 Å². The molecule has 2 aliphatic heterocycles. The predicted molar refractivity (Wildman–Crippen MR) is 167 cm³/mol. The number of ether oxygens (including phenoxy) is 2. The second-order valence-electron chi connectivity index (χ2n) is 11.6. The van der Waals surface area contributed by atoms with E-state index in [2.05, 4.69) is 15.6 Å². The molecule has 0 saturated carbocycles. The summed E-state index contributed by atoms with van der Waals surface area (Å²) in [6, 6.07) is 14.8. The van der Waals surface area contributed by atoms with Gasteiger partial charge in [-0.15, -0.1) is 0 Å². The largest absolute Gasteiger partial charge is 0.496 e. The zero-order chi connectivity index (χ0) is 30.9. The van der Waals surface area contributed by atoms with Crippen molar-refractivity contribution in [1.29, 1.82) is 0 Å². The highest BCUT2D eigenvalue weighted by Gasteiger charge is 2.52. The molecule has 9 nitrogen and oxygen atoms in total. The Morgan fingerprint density at radius 1 is 1.02 bits per heavy atom. The SMILES string of the molecule is COc1nc(-c2cccc(-c3cccc(B4OC(C)(C)C(C)(C)O4)c3Cl)c2Cl)ccc1COC(=O)NCC1CCC(=O)N1. The number of halogens is 2. The lowest BCUT2D eigenvalue weighted by molar-refractivity contribution is -0.119. The van der Waals surface area contributed by atoms with Crippen molar-refractivity contribution in [3.05, 3.63) is 64.1 Å². The highest BCUT2D eigenvalue weighted by molar-refractivity contribution is 6.66. The smallest absolute Gasteiger partial charge is 0.481 e. The number of pyridine rings is 1. The maximum atomic E-state index is 12.2. The Kier molecular flexibility index (Phi) is 8.95. The zero-order valence-corrected chi connectivity index (χ0v) is 26.3. The molecule has 2 amide bonds. The Hall–Kier alpha value is -3.31. The molecule has 5 rings (SSSR count). The molecular weight excluding hydrogens is 592 g/mol. The number of nitrogens with zero attached hydrogens (tertiary/aromatic N) is 1. The van der Waals surface area contributed by atoms with Crippen LogP contribution in [-0.2, 0) is 25.4 Å². The van der Waals surface area contributed by atoms with Crippen LogP contribution in [0.5, 0.6) is 5.88 Å². The maximum absolute atomic E-state index is 12.2. The summed E-state index contributed by atoms with van der Waals surface area (Å²) in [7, 11) is 0.878. The third-order valence-corrected chi connectivity index (χ3v) is 9.00. The van der Waals surface area contributed by atoms with Gasteiger partial charge in [-0.1, -0.05) is 59.6 Å². The van der Waals surface area contributed by atoms with Crippen LogP contribution in [-0.4, -0.2) is 55.0 Å². The fourth-order valence-electron chi connectivity index (χ4n) is 4.98. The molecule has 3 aromatic rings. The topological polar surface area (TPSA) is 108 Å². The van der Waals surface area contributed by atoms with Crippen molar-refractivity contribution in [2.24, 2.45) is 0 Å². The molecule has 43 heavy (non-hydrogen) atoms. The van der Waals surface area contributed by atoms with Gasteiger partial charge in [0.1, 0.15) is 6.61 Å². The van der Waals surface area contributed by atoms with E-state index in [-0.39, 0.29) is 18.6 Å². The molecule has 2 aromatic carbocycles. The maximum Gasteiger partial charge on any atom is 0.496 e. The fraction of sp³-hybridized carbons (Fsp3) is 0.387. The average Bonchev–Trinajstić information content (AvgIpc) is 3.48. The van der Waals surface area contributed by atoms with Gasteiger partial charge in [0.25, 0.3) is 0 Å². The molecule has 0 spiro atoms. The van der Waals surface area contributed by atoms with Crippen LogP contribution in [0, 0.1) is 0 Å². The van der Waals surface area contributed by atoms with Crippen molar-refractivity contribution in [3.63, 3.8) is 0 Å². The van der Waals surface area contributed by atoms with Crippen molar-refractivity contribution in [1.82, 2.24) is 15.6 Å². The van der Waals surface area contributed by atoms with Crippen molar-refractivity contribution in [3.8, 4) is 28.3 Å². The second-order valence-corrected chi connectivity index (χ2v) is 12.3. The van der Waals surface area contributed by atoms with Gasteiger partial charge in [-0.25, -0.2) is 9.78 Å². The number of aromatic nitrogens is 1. The van der Waals surface area contributed by atoms with Gasteiger partial charge in [-0.05, 0) is 46.2 Å². The lowest BCUT2D eigenvalue weighted by Gasteiger charge is -2.32. The predicted octanol–water partition coefficient (Wildman–Crippen LogP) is 5.54. The number of nitrogens with one attached hydrogen (secondary N) is 2. The number of hydrogen-bond donors (Lipinski definition) is 2. The van der Waals surface area contributed by atoms with Crippen LogP contribution in [0.2, 0.25) is 10.0 Å². The summed E-state index contributed by atoms with van der Waals surface area (Å²) >= 11 is 13.9. The molecule has 1 aromatic heterocycles. The summed E-state index contributed by atoms with van der Waals surface area (Å²) in [6.45, 7) is 8.25. The molecule has 0 radical (unpaired) electrons. The zero-order valence-electron chi connectivity index (χ0n) is 24.8. The molecule has 2 aliphatic rings. The van der Waals surface area contributed by atoms with Gasteiger partial charge in [0.15, 0.2) is 0 Å². The van der Waals surface area contributed by atoms with Crippen molar-refractivity contribution < 1.29 is 28.4 Å². The van der Waals surface area contributed by atoms with E-state index >= 15 is 0 Å². The van der Waals surface area contributed by atoms with E-state index in [1.54, 1.807) is 12.1 Å². The van der Waals surface area contributed by atoms with E-state index in [1.807, 2.05) is 64.1 Å². The van der Waals surface area contributed by atoms with Crippen molar-refractivity contribution in [2.75, 3.05) is 13.7 Å². The molecule has 2 fully saturated rings. The number of amides is 2. The summed E-state index contributed by atoms with van der Waals surface area (Å²) in [5, 5.41) is 6.43. The van der Waals surface area contributed by atoms with Crippen LogP contribution in [0.3, 0.4) is 0 Å². The van der Waals surface area contributed by atoms with Crippen LogP contribution in [0.1, 0.15) is 46.1 Å². The summed E-state index contributed by atoms with van der Waals surface area (Å²) in [5.41, 5.74) is 3.02. The van der Waals surface area contributed by atoms with E-state index < -0.39 is 24.4 Å². The molecule has 3 heterocycles. The molecule has 2 N–H and O–H groups in total. The number of rotatable bonds is 8. The summed E-state index contributed by atoms with van der Waals surface area (Å²) in [5.74, 6) is 0.287. The first-order chi connectivity index (χ1) is 20.4. The van der Waals surface area contributed by atoms with Gasteiger partial charge < -0.3 is 29.4 Å². The first kappa shape index (κ1) is 31.1. The highest BCUT2D eigenvalue weighted by atomic mass is 35.5. The Bertz CT molecular complexity index is 1530. The highest BCUT2D eigenvalue weighted by Crippen LogP contribution is 2.41. The van der Waals surface area contributed by atoms with Crippen molar-refractivity contribution >= 4 is 47.8 Å². The number of hydrogen-bond acceptors (Lipinski definition) is 7. The van der Waals surface area contributed by atoms with E-state index in [9.17, 15) is 9.59 Å². The van der Waals surface area contributed by atoms with Crippen molar-refractivity contribution in [2.45, 2.75) is 64.4 Å². The van der Waals surface area contributed by atoms with Crippen LogP contribution < -0.4 is 20.8 Å². The Balaban J connectivity index is 1.34. The quantitative estimate of drug-likeness (QED) is 0.317. The van der Waals surface area contributed by atoms with E-state index in [0.29, 0.717) is 52.1 Å². The van der Waals surface area contributed by atoms with Gasteiger partial charge in [0.2, 0.25) is 11.8 Å². The number of benzene rings is 2.